The minimum Gasteiger partial charge on any atom is -0.495 e. The van der Waals surface area contributed by atoms with E-state index in [9.17, 15) is 9.18 Å². The van der Waals surface area contributed by atoms with Gasteiger partial charge in [0.25, 0.3) is 0 Å². The van der Waals surface area contributed by atoms with Gasteiger partial charge in [0.05, 0.1) is 11.6 Å². The molecule has 3 nitrogen and oxygen atoms in total. The summed E-state index contributed by atoms with van der Waals surface area (Å²) in [5, 5.41) is 8.68. The molecule has 0 unspecified atom stereocenters. The zero-order valence-electron chi connectivity index (χ0n) is 8.67. The van der Waals surface area contributed by atoms with Crippen molar-refractivity contribution >= 4 is 21.9 Å². The Bertz CT molecular complexity index is 353. The van der Waals surface area contributed by atoms with Crippen molar-refractivity contribution < 1.29 is 19.0 Å². The highest BCUT2D eigenvalue weighted by atomic mass is 79.9. The maximum absolute atomic E-state index is 12.8. The van der Waals surface area contributed by atoms with Crippen LogP contribution in [-0.4, -0.2) is 18.2 Å². The molecule has 1 aromatic carbocycles. The zero-order chi connectivity index (χ0) is 12.0. The van der Waals surface area contributed by atoms with Crippen LogP contribution in [-0.2, 0) is 0 Å². The van der Waals surface area contributed by atoms with Gasteiger partial charge in [0.1, 0.15) is 17.1 Å². The summed E-state index contributed by atoms with van der Waals surface area (Å²) in [5.74, 6) is -1.73. The first-order valence-corrected chi connectivity index (χ1v) is 5.12. The summed E-state index contributed by atoms with van der Waals surface area (Å²) in [6.45, 7) is 4.00. The van der Waals surface area contributed by atoms with Crippen molar-refractivity contribution in [1.29, 1.82) is 0 Å². The number of carboxylic acids is 1. The van der Waals surface area contributed by atoms with E-state index in [2.05, 4.69) is 15.9 Å². The van der Waals surface area contributed by atoms with Crippen molar-refractivity contribution in [1.82, 2.24) is 0 Å². The molecule has 1 rings (SSSR count). The number of ether oxygens (including phenoxy) is 1. The molecule has 0 saturated carbocycles. The van der Waals surface area contributed by atoms with Crippen LogP contribution in [0.5, 0.6) is 5.75 Å². The Morgan fingerprint density at radius 2 is 2.00 bits per heavy atom. The molecule has 0 atom stereocenters. The minimum atomic E-state index is -1.22. The quantitative estimate of drug-likeness (QED) is 0.903. The maximum atomic E-state index is 12.8. The van der Waals surface area contributed by atoms with Gasteiger partial charge in [-0.05, 0) is 28.1 Å². The van der Waals surface area contributed by atoms with E-state index in [-0.39, 0.29) is 15.8 Å². The number of rotatable bonds is 2. The third-order valence-corrected chi connectivity index (χ3v) is 2.03. The van der Waals surface area contributed by atoms with Crippen LogP contribution in [0.25, 0.3) is 0 Å². The van der Waals surface area contributed by atoms with Gasteiger partial charge in [0, 0.05) is 0 Å². The molecule has 0 aliphatic heterocycles. The second-order valence-electron chi connectivity index (χ2n) is 2.27. The molecular weight excluding hydrogens is 267 g/mol. The number of methoxy groups -OCH3 is 1. The van der Waals surface area contributed by atoms with Gasteiger partial charge in [-0.1, -0.05) is 13.8 Å². The van der Waals surface area contributed by atoms with Gasteiger partial charge in [0.15, 0.2) is 0 Å². The average Bonchev–Trinajstić information content (AvgIpc) is 2.19. The lowest BCUT2D eigenvalue weighted by Gasteiger charge is -2.06. The molecule has 0 radical (unpaired) electrons. The lowest BCUT2D eigenvalue weighted by atomic mass is 10.2. The monoisotopic (exact) mass is 278 g/mol. The third kappa shape index (κ3) is 3.51. The summed E-state index contributed by atoms with van der Waals surface area (Å²) in [4.78, 5) is 10.6. The molecule has 1 aromatic rings. The Morgan fingerprint density at radius 1 is 1.47 bits per heavy atom. The number of aromatic carboxylic acids is 1. The molecule has 0 aromatic heterocycles. The molecule has 0 aliphatic carbocycles. The van der Waals surface area contributed by atoms with Crippen molar-refractivity contribution in [3.63, 3.8) is 0 Å². The van der Waals surface area contributed by atoms with E-state index >= 15 is 0 Å². The van der Waals surface area contributed by atoms with Crippen LogP contribution >= 0.6 is 15.9 Å². The summed E-state index contributed by atoms with van der Waals surface area (Å²) in [5.41, 5.74) is -0.200. The van der Waals surface area contributed by atoms with Gasteiger partial charge in [-0.15, -0.1) is 0 Å². The zero-order valence-corrected chi connectivity index (χ0v) is 10.3. The van der Waals surface area contributed by atoms with Crippen molar-refractivity contribution in [2.75, 3.05) is 7.11 Å². The SMILES string of the molecule is CC.COc1c(Br)cc(F)cc1C(=O)O. The molecule has 0 fully saturated rings. The number of hydrogen-bond acceptors (Lipinski definition) is 2. The van der Waals surface area contributed by atoms with Crippen LogP contribution in [0.2, 0.25) is 0 Å². The van der Waals surface area contributed by atoms with E-state index in [0.29, 0.717) is 0 Å². The van der Waals surface area contributed by atoms with E-state index in [0.717, 1.165) is 12.1 Å². The Balaban J connectivity index is 0.000000921. The van der Waals surface area contributed by atoms with E-state index in [1.165, 1.54) is 7.11 Å². The molecule has 0 amide bonds. The van der Waals surface area contributed by atoms with Gasteiger partial charge in [-0.25, -0.2) is 9.18 Å². The van der Waals surface area contributed by atoms with Crippen LogP contribution in [0.3, 0.4) is 0 Å². The van der Waals surface area contributed by atoms with Gasteiger partial charge < -0.3 is 9.84 Å². The van der Waals surface area contributed by atoms with E-state index in [1.807, 2.05) is 13.8 Å². The first-order chi connectivity index (χ1) is 7.06. The lowest BCUT2D eigenvalue weighted by molar-refractivity contribution is 0.0692. The molecule has 0 spiro atoms. The normalized spacial score (nSPS) is 8.87. The molecule has 0 bridgehead atoms. The van der Waals surface area contributed by atoms with Crippen LogP contribution in [0.1, 0.15) is 24.2 Å². The topological polar surface area (TPSA) is 46.5 Å². The average molecular weight is 279 g/mol. The molecule has 0 saturated heterocycles. The van der Waals surface area contributed by atoms with Crippen LogP contribution in [0.4, 0.5) is 4.39 Å². The first kappa shape index (κ1) is 13.9. The molecule has 5 heteroatoms. The highest BCUT2D eigenvalue weighted by Gasteiger charge is 2.15. The predicted molar refractivity (Wildman–Crippen MR) is 59.0 cm³/mol. The Morgan fingerprint density at radius 3 is 2.40 bits per heavy atom. The highest BCUT2D eigenvalue weighted by Crippen LogP contribution is 2.29. The molecule has 0 aliphatic rings. The van der Waals surface area contributed by atoms with E-state index in [1.54, 1.807) is 0 Å². The molecule has 15 heavy (non-hydrogen) atoms. The summed E-state index contributed by atoms with van der Waals surface area (Å²) >= 11 is 3.00. The fourth-order valence-corrected chi connectivity index (χ4v) is 1.52. The fourth-order valence-electron chi connectivity index (χ4n) is 0.927. The van der Waals surface area contributed by atoms with Gasteiger partial charge in [-0.3, -0.25) is 0 Å². The van der Waals surface area contributed by atoms with Crippen LogP contribution in [0.15, 0.2) is 16.6 Å². The second-order valence-corrected chi connectivity index (χ2v) is 3.13. The molecule has 84 valence electrons. The summed E-state index contributed by atoms with van der Waals surface area (Å²) in [6.07, 6.45) is 0. The van der Waals surface area contributed by atoms with Gasteiger partial charge in [0.2, 0.25) is 0 Å². The van der Waals surface area contributed by atoms with E-state index < -0.39 is 11.8 Å². The third-order valence-electron chi connectivity index (χ3n) is 1.44. The minimum absolute atomic E-state index is 0.119. The Hall–Kier alpha value is -1.10. The first-order valence-electron chi connectivity index (χ1n) is 4.32. The van der Waals surface area contributed by atoms with Crippen molar-refractivity contribution in [3.8, 4) is 5.75 Å². The van der Waals surface area contributed by atoms with Gasteiger partial charge in [-0.2, -0.15) is 0 Å². The number of halogens is 2. The van der Waals surface area contributed by atoms with Crippen molar-refractivity contribution in [2.45, 2.75) is 13.8 Å². The number of carbonyl (C=O) groups is 1. The number of benzene rings is 1. The molecular formula is C10H12BrFO3. The Kier molecular flexibility index (Phi) is 5.93. The van der Waals surface area contributed by atoms with Crippen LogP contribution in [0, 0.1) is 5.82 Å². The van der Waals surface area contributed by atoms with Crippen molar-refractivity contribution in [2.24, 2.45) is 0 Å². The highest BCUT2D eigenvalue weighted by molar-refractivity contribution is 9.10. The summed E-state index contributed by atoms with van der Waals surface area (Å²) < 4.78 is 17.8. The number of carboxylic acid groups (broad SMARTS) is 1. The van der Waals surface area contributed by atoms with E-state index in [4.69, 9.17) is 9.84 Å². The van der Waals surface area contributed by atoms with Crippen molar-refractivity contribution in [3.05, 3.63) is 28.0 Å². The Labute approximate surface area is 96.0 Å². The summed E-state index contributed by atoms with van der Waals surface area (Å²) in [7, 11) is 1.32. The smallest absolute Gasteiger partial charge is 0.339 e. The summed E-state index contributed by atoms with van der Waals surface area (Å²) in [6, 6.07) is 2.05. The second kappa shape index (κ2) is 6.40. The number of hydrogen-bond donors (Lipinski definition) is 1. The predicted octanol–water partition coefficient (Wildman–Crippen LogP) is 3.32. The largest absolute Gasteiger partial charge is 0.495 e. The lowest BCUT2D eigenvalue weighted by Crippen LogP contribution is -2.01. The fraction of sp³-hybridized carbons (Fsp3) is 0.300. The molecule has 0 heterocycles. The standard InChI is InChI=1S/C8H6BrFO3.C2H6/c1-13-7-5(8(11)12)2-4(10)3-6(7)9;1-2/h2-3H,1H3,(H,11,12);1-2H3. The maximum Gasteiger partial charge on any atom is 0.339 e. The van der Waals surface area contributed by atoms with Gasteiger partial charge >= 0.3 is 5.97 Å². The molecule has 1 N–H and O–H groups in total. The van der Waals surface area contributed by atoms with Crippen LogP contribution < -0.4 is 4.74 Å².